The third kappa shape index (κ3) is 4.29. The van der Waals surface area contributed by atoms with Gasteiger partial charge >= 0.3 is 0 Å². The van der Waals surface area contributed by atoms with Gasteiger partial charge in [0.2, 0.25) is 0 Å². The predicted octanol–water partition coefficient (Wildman–Crippen LogP) is 2.07. The molecule has 0 bridgehead atoms. The summed E-state index contributed by atoms with van der Waals surface area (Å²) in [5, 5.41) is 13.5. The van der Waals surface area contributed by atoms with Crippen molar-refractivity contribution in [2.45, 2.75) is 19.9 Å². The summed E-state index contributed by atoms with van der Waals surface area (Å²) in [6.45, 7) is 4.21. The van der Waals surface area contributed by atoms with Crippen molar-refractivity contribution in [3.05, 3.63) is 38.3 Å². The molecule has 19 heavy (non-hydrogen) atoms. The minimum atomic E-state index is -0.537. The highest BCUT2D eigenvalue weighted by atomic mass is 79.9. The molecule has 7 heteroatoms. The van der Waals surface area contributed by atoms with Gasteiger partial charge in [0.1, 0.15) is 0 Å². The van der Waals surface area contributed by atoms with Crippen LogP contribution in [-0.4, -0.2) is 23.4 Å². The molecule has 0 saturated carbocycles. The number of amides is 1. The van der Waals surface area contributed by atoms with Gasteiger partial charge in [0.25, 0.3) is 11.6 Å². The SMILES string of the molecule is CC(C)C(CN)NC(=O)c1cc(Br)cc([N+](=O)[O-])c1. The largest absolute Gasteiger partial charge is 0.348 e. The summed E-state index contributed by atoms with van der Waals surface area (Å²) in [6.07, 6.45) is 0. The number of nitro groups is 1. The van der Waals surface area contributed by atoms with Gasteiger partial charge in [-0.3, -0.25) is 14.9 Å². The smallest absolute Gasteiger partial charge is 0.271 e. The highest BCUT2D eigenvalue weighted by molar-refractivity contribution is 9.10. The van der Waals surface area contributed by atoms with Crippen LogP contribution < -0.4 is 11.1 Å². The molecule has 1 aromatic carbocycles. The topological polar surface area (TPSA) is 98.3 Å². The molecule has 1 amide bonds. The molecule has 104 valence electrons. The van der Waals surface area contributed by atoms with Crippen molar-refractivity contribution < 1.29 is 9.72 Å². The number of nitro benzene ring substituents is 1. The quantitative estimate of drug-likeness (QED) is 0.638. The molecule has 0 aliphatic rings. The maximum atomic E-state index is 12.0. The van der Waals surface area contributed by atoms with Crippen LogP contribution in [0.25, 0.3) is 0 Å². The third-order valence-corrected chi connectivity index (χ3v) is 3.19. The van der Waals surface area contributed by atoms with E-state index >= 15 is 0 Å². The standard InChI is InChI=1S/C12H16BrN3O3/c1-7(2)11(6-14)15-12(17)8-3-9(13)5-10(4-8)16(18)19/h3-5,7,11H,6,14H2,1-2H3,(H,15,17). The van der Waals surface area contributed by atoms with E-state index in [1.165, 1.54) is 18.2 Å². The monoisotopic (exact) mass is 329 g/mol. The zero-order valence-electron chi connectivity index (χ0n) is 10.7. The number of non-ortho nitro benzene ring substituents is 1. The zero-order chi connectivity index (χ0) is 14.6. The van der Waals surface area contributed by atoms with Crippen LogP contribution in [0, 0.1) is 16.0 Å². The Morgan fingerprint density at radius 1 is 1.47 bits per heavy atom. The number of hydrogen-bond donors (Lipinski definition) is 2. The van der Waals surface area contributed by atoms with E-state index < -0.39 is 4.92 Å². The fourth-order valence-corrected chi connectivity index (χ4v) is 2.04. The van der Waals surface area contributed by atoms with Crippen LogP contribution in [-0.2, 0) is 0 Å². The second kappa shape index (κ2) is 6.63. The lowest BCUT2D eigenvalue weighted by Gasteiger charge is -2.20. The summed E-state index contributed by atoms with van der Waals surface area (Å²) in [7, 11) is 0. The van der Waals surface area contributed by atoms with Crippen molar-refractivity contribution in [1.29, 1.82) is 0 Å². The predicted molar refractivity (Wildman–Crippen MR) is 75.9 cm³/mol. The van der Waals surface area contributed by atoms with Crippen LogP contribution in [0.2, 0.25) is 0 Å². The molecule has 0 saturated heterocycles. The van der Waals surface area contributed by atoms with Gasteiger partial charge in [-0.1, -0.05) is 29.8 Å². The van der Waals surface area contributed by atoms with Crippen molar-refractivity contribution in [1.82, 2.24) is 5.32 Å². The number of nitrogens with zero attached hydrogens (tertiary/aromatic N) is 1. The molecular formula is C12H16BrN3O3. The second-order valence-corrected chi connectivity index (χ2v) is 5.43. The summed E-state index contributed by atoms with van der Waals surface area (Å²) in [5.41, 5.74) is 5.68. The van der Waals surface area contributed by atoms with Crippen LogP contribution in [0.1, 0.15) is 24.2 Å². The number of benzene rings is 1. The number of carbonyl (C=O) groups is 1. The number of nitrogens with two attached hydrogens (primary N) is 1. The van der Waals surface area contributed by atoms with E-state index in [0.29, 0.717) is 11.0 Å². The average molecular weight is 330 g/mol. The number of carbonyl (C=O) groups excluding carboxylic acids is 1. The van der Waals surface area contributed by atoms with E-state index in [1.54, 1.807) is 0 Å². The Labute approximate surface area is 119 Å². The molecule has 0 aliphatic heterocycles. The fourth-order valence-electron chi connectivity index (χ4n) is 1.56. The Balaban J connectivity index is 2.96. The van der Waals surface area contributed by atoms with Gasteiger partial charge in [0.15, 0.2) is 0 Å². The van der Waals surface area contributed by atoms with E-state index in [-0.39, 0.29) is 29.1 Å². The Bertz CT molecular complexity index is 491. The average Bonchev–Trinajstić information content (AvgIpc) is 2.34. The molecule has 0 fully saturated rings. The lowest BCUT2D eigenvalue weighted by atomic mass is 10.0. The van der Waals surface area contributed by atoms with Crippen molar-refractivity contribution in [3.63, 3.8) is 0 Å². The number of nitrogens with one attached hydrogen (secondary N) is 1. The van der Waals surface area contributed by atoms with Gasteiger partial charge < -0.3 is 11.1 Å². The number of rotatable bonds is 5. The zero-order valence-corrected chi connectivity index (χ0v) is 12.3. The maximum Gasteiger partial charge on any atom is 0.271 e. The van der Waals surface area contributed by atoms with E-state index in [0.717, 1.165) is 0 Å². The van der Waals surface area contributed by atoms with Gasteiger partial charge in [-0.25, -0.2) is 0 Å². The van der Waals surface area contributed by atoms with Gasteiger partial charge in [0.05, 0.1) is 4.92 Å². The lowest BCUT2D eigenvalue weighted by Crippen LogP contribution is -2.43. The number of hydrogen-bond acceptors (Lipinski definition) is 4. The van der Waals surface area contributed by atoms with E-state index in [1.807, 2.05) is 13.8 Å². The molecule has 1 atom stereocenters. The minimum absolute atomic E-state index is 0.131. The Hall–Kier alpha value is -1.47. The van der Waals surface area contributed by atoms with E-state index in [9.17, 15) is 14.9 Å². The summed E-state index contributed by atoms with van der Waals surface area (Å²) in [5.74, 6) is -0.176. The molecule has 1 unspecified atom stereocenters. The number of halogens is 1. The third-order valence-electron chi connectivity index (χ3n) is 2.73. The normalized spacial score (nSPS) is 12.3. The minimum Gasteiger partial charge on any atom is -0.348 e. The van der Waals surface area contributed by atoms with E-state index in [2.05, 4.69) is 21.2 Å². The lowest BCUT2D eigenvalue weighted by molar-refractivity contribution is -0.385. The van der Waals surface area contributed by atoms with Crippen molar-refractivity contribution in [2.75, 3.05) is 6.54 Å². The van der Waals surface area contributed by atoms with Crippen LogP contribution >= 0.6 is 15.9 Å². The first-order chi connectivity index (χ1) is 8.85. The molecule has 0 spiro atoms. The van der Waals surface area contributed by atoms with Crippen LogP contribution in [0.4, 0.5) is 5.69 Å². The second-order valence-electron chi connectivity index (χ2n) is 4.51. The summed E-state index contributed by atoms with van der Waals surface area (Å²) < 4.78 is 0.487. The molecule has 3 N–H and O–H groups in total. The molecule has 1 aromatic rings. The van der Waals surface area contributed by atoms with Crippen molar-refractivity contribution in [2.24, 2.45) is 11.7 Å². The first-order valence-electron chi connectivity index (χ1n) is 5.81. The van der Waals surface area contributed by atoms with Crippen LogP contribution in [0.5, 0.6) is 0 Å². The summed E-state index contributed by atoms with van der Waals surface area (Å²) in [6, 6.07) is 3.97. The summed E-state index contributed by atoms with van der Waals surface area (Å²) >= 11 is 3.15. The Morgan fingerprint density at radius 2 is 2.11 bits per heavy atom. The molecule has 0 aliphatic carbocycles. The van der Waals surface area contributed by atoms with Crippen molar-refractivity contribution in [3.8, 4) is 0 Å². The summed E-state index contributed by atoms with van der Waals surface area (Å²) in [4.78, 5) is 22.2. The first-order valence-corrected chi connectivity index (χ1v) is 6.60. The highest BCUT2D eigenvalue weighted by Gasteiger charge is 2.18. The van der Waals surface area contributed by atoms with E-state index in [4.69, 9.17) is 5.73 Å². The fraction of sp³-hybridized carbons (Fsp3) is 0.417. The van der Waals surface area contributed by atoms with Gasteiger partial charge in [0, 0.05) is 34.8 Å². The van der Waals surface area contributed by atoms with Crippen LogP contribution in [0.15, 0.2) is 22.7 Å². The molecule has 6 nitrogen and oxygen atoms in total. The van der Waals surface area contributed by atoms with Gasteiger partial charge in [-0.05, 0) is 12.0 Å². The Morgan fingerprint density at radius 3 is 2.58 bits per heavy atom. The molecule has 1 rings (SSSR count). The maximum absolute atomic E-state index is 12.0. The first kappa shape index (κ1) is 15.6. The highest BCUT2D eigenvalue weighted by Crippen LogP contribution is 2.21. The van der Waals surface area contributed by atoms with Crippen LogP contribution in [0.3, 0.4) is 0 Å². The Kier molecular flexibility index (Phi) is 5.44. The molecule has 0 radical (unpaired) electrons. The van der Waals surface area contributed by atoms with Crippen molar-refractivity contribution >= 4 is 27.5 Å². The molecule has 0 heterocycles. The van der Waals surface area contributed by atoms with Gasteiger partial charge in [-0.2, -0.15) is 0 Å². The molecule has 0 aromatic heterocycles. The van der Waals surface area contributed by atoms with Gasteiger partial charge in [-0.15, -0.1) is 0 Å². The molecular weight excluding hydrogens is 314 g/mol.